The van der Waals surface area contributed by atoms with Gasteiger partial charge in [-0.2, -0.15) is 14.3 Å². The molecule has 0 aliphatic carbocycles. The van der Waals surface area contributed by atoms with E-state index in [1.54, 1.807) is 27.4 Å². The molecule has 2 aromatic carbocycles. The molecule has 1 aliphatic rings. The number of halogens is 1. The van der Waals surface area contributed by atoms with E-state index < -0.39 is 0 Å². The first-order valence-corrected chi connectivity index (χ1v) is 11.5. The maximum Gasteiger partial charge on any atom is 0.226 e. The lowest BCUT2D eigenvalue weighted by Crippen LogP contribution is -2.25. The third-order valence-corrected chi connectivity index (χ3v) is 6.30. The second-order valence-electron chi connectivity index (χ2n) is 8.76. The van der Waals surface area contributed by atoms with Crippen molar-refractivity contribution in [1.82, 2.24) is 29.6 Å². The lowest BCUT2D eigenvalue weighted by Gasteiger charge is -2.24. The summed E-state index contributed by atoms with van der Waals surface area (Å²) >= 11 is 0. The Morgan fingerprint density at radius 2 is 1.89 bits per heavy atom. The van der Waals surface area contributed by atoms with Crippen LogP contribution in [0.25, 0.3) is 11.5 Å². The van der Waals surface area contributed by atoms with E-state index in [2.05, 4.69) is 20.6 Å². The van der Waals surface area contributed by atoms with Crippen molar-refractivity contribution >= 4 is 17.4 Å². The zero-order valence-electron chi connectivity index (χ0n) is 19.6. The van der Waals surface area contributed by atoms with Gasteiger partial charge in [0.1, 0.15) is 24.0 Å². The minimum absolute atomic E-state index is 0.104. The molecule has 0 spiro atoms. The number of fused-ring (bicyclic) bond motifs is 2. The summed E-state index contributed by atoms with van der Waals surface area (Å²) in [5.74, 6) is 1.89. The second kappa shape index (κ2) is 8.56. The molecule has 0 saturated carbocycles. The van der Waals surface area contributed by atoms with Gasteiger partial charge in [0.25, 0.3) is 0 Å². The van der Waals surface area contributed by atoms with E-state index in [1.165, 1.54) is 12.1 Å². The molecule has 0 unspecified atom stereocenters. The highest BCUT2D eigenvalue weighted by molar-refractivity contribution is 5.95. The first kappa shape index (κ1) is 21.9. The molecule has 5 aromatic rings. The monoisotopic (exact) mass is 483 g/mol. The Labute approximate surface area is 205 Å². The van der Waals surface area contributed by atoms with Gasteiger partial charge < -0.3 is 10.1 Å². The summed E-state index contributed by atoms with van der Waals surface area (Å²) in [5, 5.41) is 20.5. The first-order chi connectivity index (χ1) is 17.5. The molecular formula is C26H22FN7O2. The first-order valence-electron chi connectivity index (χ1n) is 11.5. The molecule has 36 heavy (non-hydrogen) atoms. The number of carbonyl (C=O) groups is 1. The maximum absolute atomic E-state index is 13.2. The predicted octanol–water partition coefficient (Wildman–Crippen LogP) is 4.12. The number of hydrogen-bond donors (Lipinski definition) is 1. The van der Waals surface area contributed by atoms with Gasteiger partial charge in [-0.05, 0) is 61.4 Å². The topological polar surface area (TPSA) is 99.2 Å². The fraction of sp³-hybridized carbons (Fsp3) is 0.192. The van der Waals surface area contributed by atoms with Gasteiger partial charge in [0.15, 0.2) is 17.3 Å². The second-order valence-corrected chi connectivity index (χ2v) is 8.76. The third-order valence-electron chi connectivity index (χ3n) is 6.30. The molecule has 3 aromatic heterocycles. The van der Waals surface area contributed by atoms with Crippen LogP contribution in [0.5, 0.6) is 5.75 Å². The summed E-state index contributed by atoms with van der Waals surface area (Å²) in [5.41, 5.74) is 4.19. The summed E-state index contributed by atoms with van der Waals surface area (Å²) in [4.78, 5) is 12.8. The summed E-state index contributed by atoms with van der Waals surface area (Å²) in [7, 11) is 0. The molecule has 6 rings (SSSR count). The third kappa shape index (κ3) is 3.86. The highest BCUT2D eigenvalue weighted by Crippen LogP contribution is 2.40. The van der Waals surface area contributed by atoms with Gasteiger partial charge in [-0.1, -0.05) is 24.3 Å². The van der Waals surface area contributed by atoms with Gasteiger partial charge in [-0.3, -0.25) is 4.79 Å². The Kier molecular flexibility index (Phi) is 5.21. The number of anilines is 1. The van der Waals surface area contributed by atoms with Crippen LogP contribution in [0.2, 0.25) is 0 Å². The Morgan fingerprint density at radius 3 is 2.72 bits per heavy atom. The Bertz CT molecular complexity index is 1610. The van der Waals surface area contributed by atoms with Gasteiger partial charge in [0.2, 0.25) is 5.91 Å². The van der Waals surface area contributed by atoms with Crippen LogP contribution >= 0.6 is 0 Å². The lowest BCUT2D eigenvalue weighted by molar-refractivity contribution is -0.116. The van der Waals surface area contributed by atoms with Crippen molar-refractivity contribution in [3.05, 3.63) is 94.7 Å². The van der Waals surface area contributed by atoms with Crippen LogP contribution in [0.1, 0.15) is 40.5 Å². The van der Waals surface area contributed by atoms with Crippen LogP contribution in [0.15, 0.2) is 60.7 Å². The summed E-state index contributed by atoms with van der Waals surface area (Å²) < 4.78 is 22.4. The minimum atomic E-state index is -0.282. The van der Waals surface area contributed by atoms with Crippen molar-refractivity contribution in [2.45, 2.75) is 32.8 Å². The normalized spacial score (nSPS) is 15.1. The van der Waals surface area contributed by atoms with Gasteiger partial charge in [0.05, 0.1) is 5.69 Å². The Hall–Kier alpha value is -4.60. The number of hydrogen-bond acceptors (Lipinski definition) is 6. The van der Waals surface area contributed by atoms with Crippen molar-refractivity contribution in [1.29, 1.82) is 0 Å². The number of rotatable bonds is 5. The van der Waals surface area contributed by atoms with Crippen molar-refractivity contribution < 1.29 is 13.9 Å². The number of nitrogens with one attached hydrogen (secondary N) is 1. The average Bonchev–Trinajstić information content (AvgIpc) is 3.42. The molecule has 0 fully saturated rings. The number of aromatic nitrogens is 6. The molecule has 0 bridgehead atoms. The van der Waals surface area contributed by atoms with Crippen LogP contribution in [0.3, 0.4) is 0 Å². The number of amides is 1. The quantitative estimate of drug-likeness (QED) is 0.404. The molecule has 1 atom stereocenters. The number of aryl methyl sites for hydroxylation is 2. The van der Waals surface area contributed by atoms with E-state index in [1.807, 2.05) is 44.2 Å². The smallest absolute Gasteiger partial charge is 0.226 e. The van der Waals surface area contributed by atoms with Crippen LogP contribution in [-0.2, 0) is 11.4 Å². The molecule has 4 heterocycles. The highest BCUT2D eigenvalue weighted by atomic mass is 19.1. The SMILES string of the molecule is Cc1nn(-c2ccc3nnc(C)n3n2)c2c1[C@H](c1cccc(OCc3ccc(F)cc3)c1)CC(=O)N2. The largest absolute Gasteiger partial charge is 0.489 e. The van der Waals surface area contributed by atoms with Gasteiger partial charge in [-0.25, -0.2) is 4.39 Å². The molecule has 10 heteroatoms. The van der Waals surface area contributed by atoms with Gasteiger partial charge >= 0.3 is 0 Å². The zero-order chi connectivity index (χ0) is 24.8. The molecule has 0 radical (unpaired) electrons. The molecule has 1 amide bonds. The standard InChI is InChI=1S/C26H22FN7O2/c1-15-25-21(18-4-3-5-20(12-18)36-14-17-6-8-19(27)9-7-17)13-24(35)28-26(25)34(31-15)23-11-10-22-30-29-16(2)33(22)32-23/h3-12,21H,13-14H2,1-2H3,(H,28,35)/t21-/m0/s1. The molecule has 9 nitrogen and oxygen atoms in total. The fourth-order valence-corrected chi connectivity index (χ4v) is 4.57. The zero-order valence-corrected chi connectivity index (χ0v) is 19.6. The van der Waals surface area contributed by atoms with Crippen LogP contribution < -0.4 is 10.1 Å². The van der Waals surface area contributed by atoms with Crippen LogP contribution in [-0.4, -0.2) is 35.5 Å². The van der Waals surface area contributed by atoms with Crippen LogP contribution in [0, 0.1) is 19.7 Å². The van der Waals surface area contributed by atoms with Gasteiger partial charge in [-0.15, -0.1) is 15.3 Å². The molecular weight excluding hydrogens is 461 g/mol. The number of carbonyl (C=O) groups excluding carboxylic acids is 1. The summed E-state index contributed by atoms with van der Waals surface area (Å²) in [6, 6.07) is 17.5. The highest BCUT2D eigenvalue weighted by Gasteiger charge is 2.33. The minimum Gasteiger partial charge on any atom is -0.489 e. The number of nitrogens with zero attached hydrogens (tertiary/aromatic N) is 6. The van der Waals surface area contributed by atoms with E-state index >= 15 is 0 Å². The van der Waals surface area contributed by atoms with E-state index in [9.17, 15) is 9.18 Å². The van der Waals surface area contributed by atoms with E-state index in [0.29, 0.717) is 35.5 Å². The maximum atomic E-state index is 13.2. The summed E-state index contributed by atoms with van der Waals surface area (Å²) in [6.07, 6.45) is 0.290. The van der Waals surface area contributed by atoms with E-state index in [0.717, 1.165) is 22.4 Å². The van der Waals surface area contributed by atoms with Crippen molar-refractivity contribution in [2.24, 2.45) is 0 Å². The van der Waals surface area contributed by atoms with Crippen molar-refractivity contribution in [3.8, 4) is 11.6 Å². The summed E-state index contributed by atoms with van der Waals surface area (Å²) in [6.45, 7) is 4.06. The van der Waals surface area contributed by atoms with E-state index in [-0.39, 0.29) is 24.1 Å². The molecule has 1 N–H and O–H groups in total. The van der Waals surface area contributed by atoms with Crippen molar-refractivity contribution in [3.63, 3.8) is 0 Å². The molecule has 1 aliphatic heterocycles. The Morgan fingerprint density at radius 1 is 1.06 bits per heavy atom. The Balaban J connectivity index is 1.34. The lowest BCUT2D eigenvalue weighted by atomic mass is 9.86. The van der Waals surface area contributed by atoms with Gasteiger partial charge in [0, 0.05) is 17.9 Å². The van der Waals surface area contributed by atoms with E-state index in [4.69, 9.17) is 9.84 Å². The average molecular weight is 484 g/mol. The van der Waals surface area contributed by atoms with Crippen molar-refractivity contribution in [2.75, 3.05) is 5.32 Å². The fourth-order valence-electron chi connectivity index (χ4n) is 4.57. The number of ether oxygens (including phenoxy) is 1. The number of benzene rings is 2. The molecule has 0 saturated heterocycles. The molecule has 180 valence electrons. The predicted molar refractivity (Wildman–Crippen MR) is 130 cm³/mol. The van der Waals surface area contributed by atoms with Crippen LogP contribution in [0.4, 0.5) is 10.2 Å².